The van der Waals surface area contributed by atoms with E-state index in [1.54, 1.807) is 0 Å². The van der Waals surface area contributed by atoms with Gasteiger partial charge in [0.05, 0.1) is 0 Å². The van der Waals surface area contributed by atoms with Crippen LogP contribution < -0.4 is 4.90 Å². The first-order valence-corrected chi connectivity index (χ1v) is 7.33. The highest BCUT2D eigenvalue weighted by Crippen LogP contribution is 2.38. The maximum Gasteiger partial charge on any atom is 0.0446 e. The lowest BCUT2D eigenvalue weighted by molar-refractivity contribution is 0.712. The third-order valence-corrected chi connectivity index (χ3v) is 3.93. The van der Waals surface area contributed by atoms with Crippen molar-refractivity contribution < 1.29 is 0 Å². The first kappa shape index (κ1) is 12.3. The van der Waals surface area contributed by atoms with E-state index in [0.717, 1.165) is 13.0 Å². The Morgan fingerprint density at radius 3 is 2.00 bits per heavy atom. The normalized spacial score (nSPS) is 13.0. The first-order chi connectivity index (χ1) is 9.40. The van der Waals surface area contributed by atoms with Crippen molar-refractivity contribution in [2.75, 3.05) is 11.4 Å². The smallest absolute Gasteiger partial charge is 0.0446 e. The van der Waals surface area contributed by atoms with Gasteiger partial charge < -0.3 is 4.90 Å². The number of hydrogen-bond donors (Lipinski definition) is 0. The van der Waals surface area contributed by atoms with E-state index in [4.69, 9.17) is 0 Å². The van der Waals surface area contributed by atoms with Crippen LogP contribution in [0.25, 0.3) is 0 Å². The molecule has 19 heavy (non-hydrogen) atoms. The van der Waals surface area contributed by atoms with Gasteiger partial charge in [-0.2, -0.15) is 0 Å². The molecule has 0 saturated heterocycles. The highest BCUT2D eigenvalue weighted by Gasteiger charge is 2.20. The van der Waals surface area contributed by atoms with E-state index in [1.807, 2.05) is 0 Å². The van der Waals surface area contributed by atoms with Gasteiger partial charge in [0, 0.05) is 24.3 Å². The molecule has 0 amide bonds. The van der Waals surface area contributed by atoms with Gasteiger partial charge in [-0.25, -0.2) is 0 Å². The highest BCUT2D eigenvalue weighted by atomic mass is 15.1. The van der Waals surface area contributed by atoms with Crippen molar-refractivity contribution in [3.8, 4) is 0 Å². The van der Waals surface area contributed by atoms with Crippen LogP contribution in [0.15, 0.2) is 48.5 Å². The Balaban J connectivity index is 1.96. The maximum absolute atomic E-state index is 2.50. The van der Waals surface area contributed by atoms with Gasteiger partial charge in [-0.3, -0.25) is 0 Å². The largest absolute Gasteiger partial charge is 0.341 e. The van der Waals surface area contributed by atoms with Crippen LogP contribution in [-0.4, -0.2) is 6.54 Å². The van der Waals surface area contributed by atoms with Crippen molar-refractivity contribution in [1.29, 1.82) is 0 Å². The molecule has 0 aliphatic carbocycles. The molecular weight excluding hydrogens is 230 g/mol. The van der Waals surface area contributed by atoms with Gasteiger partial charge in [0.2, 0.25) is 0 Å². The summed E-state index contributed by atoms with van der Waals surface area (Å²) in [5.74, 6) is 0. The van der Waals surface area contributed by atoms with E-state index >= 15 is 0 Å². The minimum atomic E-state index is 1.07. The van der Waals surface area contributed by atoms with Crippen LogP contribution in [-0.2, 0) is 6.42 Å². The highest BCUT2D eigenvalue weighted by molar-refractivity contribution is 5.74. The molecule has 0 radical (unpaired) electrons. The molecule has 0 spiro atoms. The number of unbranched alkanes of at least 4 members (excludes halogenated alkanes) is 2. The second kappa shape index (κ2) is 5.48. The van der Waals surface area contributed by atoms with Gasteiger partial charge in [0.25, 0.3) is 0 Å². The summed E-state index contributed by atoms with van der Waals surface area (Å²) in [4.78, 5) is 2.50. The fourth-order valence-corrected chi connectivity index (χ4v) is 2.94. The lowest BCUT2D eigenvalue weighted by atomic mass is 9.95. The molecule has 1 heteroatoms. The van der Waals surface area contributed by atoms with Crippen LogP contribution in [0.1, 0.15) is 37.3 Å². The minimum Gasteiger partial charge on any atom is -0.341 e. The minimum absolute atomic E-state index is 1.07. The van der Waals surface area contributed by atoms with Crippen LogP contribution in [0.5, 0.6) is 0 Å². The summed E-state index contributed by atoms with van der Waals surface area (Å²) in [5.41, 5.74) is 5.71. The molecule has 1 aliphatic rings. The van der Waals surface area contributed by atoms with Gasteiger partial charge in [0.1, 0.15) is 0 Å². The second-order valence-corrected chi connectivity index (χ2v) is 5.29. The Morgan fingerprint density at radius 1 is 0.842 bits per heavy atom. The summed E-state index contributed by atoms with van der Waals surface area (Å²) < 4.78 is 0. The van der Waals surface area contributed by atoms with Gasteiger partial charge in [0.15, 0.2) is 0 Å². The van der Waals surface area contributed by atoms with Crippen molar-refractivity contribution in [3.05, 3.63) is 59.7 Å². The van der Waals surface area contributed by atoms with Crippen molar-refractivity contribution in [1.82, 2.24) is 0 Å². The van der Waals surface area contributed by atoms with Gasteiger partial charge in [-0.15, -0.1) is 0 Å². The molecule has 2 aromatic carbocycles. The van der Waals surface area contributed by atoms with Crippen molar-refractivity contribution in [2.24, 2.45) is 0 Å². The standard InChI is InChI=1S/C18H21N/c1-2-3-8-13-19-17-11-6-4-9-15(17)14-16-10-5-7-12-18(16)19/h4-7,9-12H,2-3,8,13-14H2,1H3. The summed E-state index contributed by atoms with van der Waals surface area (Å²) in [7, 11) is 0. The van der Waals surface area contributed by atoms with Crippen molar-refractivity contribution in [3.63, 3.8) is 0 Å². The molecule has 1 aliphatic heterocycles. The number of nitrogens with zero attached hydrogens (tertiary/aromatic N) is 1. The number of rotatable bonds is 4. The van der Waals surface area contributed by atoms with E-state index < -0.39 is 0 Å². The molecule has 0 bridgehead atoms. The third-order valence-electron chi connectivity index (χ3n) is 3.93. The SMILES string of the molecule is CCCCCN1c2ccccc2Cc2ccccc21. The maximum atomic E-state index is 2.50. The van der Waals surface area contributed by atoms with Crippen LogP contribution in [0, 0.1) is 0 Å². The first-order valence-electron chi connectivity index (χ1n) is 7.33. The van der Waals surface area contributed by atoms with E-state index in [9.17, 15) is 0 Å². The number of benzene rings is 2. The topological polar surface area (TPSA) is 3.24 Å². The second-order valence-electron chi connectivity index (χ2n) is 5.29. The van der Waals surface area contributed by atoms with Gasteiger partial charge in [-0.1, -0.05) is 56.2 Å². The van der Waals surface area contributed by atoms with E-state index in [-0.39, 0.29) is 0 Å². The van der Waals surface area contributed by atoms with E-state index in [1.165, 1.54) is 41.8 Å². The quantitative estimate of drug-likeness (QED) is 0.697. The van der Waals surface area contributed by atoms with Crippen LogP contribution in [0.4, 0.5) is 11.4 Å². The molecule has 1 heterocycles. The molecule has 0 saturated carbocycles. The summed E-state index contributed by atoms with van der Waals surface area (Å²) >= 11 is 0. The number of anilines is 2. The zero-order valence-electron chi connectivity index (χ0n) is 11.6. The molecule has 2 aromatic rings. The van der Waals surface area contributed by atoms with Gasteiger partial charge >= 0.3 is 0 Å². The number of para-hydroxylation sites is 2. The zero-order valence-corrected chi connectivity index (χ0v) is 11.6. The number of hydrogen-bond acceptors (Lipinski definition) is 1. The van der Waals surface area contributed by atoms with E-state index in [2.05, 4.69) is 60.4 Å². The molecule has 1 nitrogen and oxygen atoms in total. The molecule has 3 rings (SSSR count). The lowest BCUT2D eigenvalue weighted by Gasteiger charge is -2.33. The average Bonchev–Trinajstić information content (AvgIpc) is 2.46. The van der Waals surface area contributed by atoms with Crippen molar-refractivity contribution >= 4 is 11.4 Å². The zero-order chi connectivity index (χ0) is 13.1. The summed E-state index contributed by atoms with van der Waals surface area (Å²) in [6.07, 6.45) is 4.91. The summed E-state index contributed by atoms with van der Waals surface area (Å²) in [6.45, 7) is 3.39. The monoisotopic (exact) mass is 251 g/mol. The average molecular weight is 251 g/mol. The van der Waals surface area contributed by atoms with Crippen molar-refractivity contribution in [2.45, 2.75) is 32.6 Å². The van der Waals surface area contributed by atoms with Crippen LogP contribution in [0.3, 0.4) is 0 Å². The Kier molecular flexibility index (Phi) is 3.54. The fraction of sp³-hybridized carbons (Fsp3) is 0.333. The molecule has 98 valence electrons. The molecule has 0 N–H and O–H groups in total. The molecule has 0 fully saturated rings. The summed E-state index contributed by atoms with van der Waals surface area (Å²) in [6, 6.07) is 17.7. The Labute approximate surface area is 115 Å². The van der Waals surface area contributed by atoms with Gasteiger partial charge in [-0.05, 0) is 29.7 Å². The Bertz CT molecular complexity index is 514. The Hall–Kier alpha value is -1.76. The number of fused-ring (bicyclic) bond motifs is 2. The van der Waals surface area contributed by atoms with Crippen LogP contribution >= 0.6 is 0 Å². The predicted molar refractivity (Wildman–Crippen MR) is 82.2 cm³/mol. The molecule has 0 atom stereocenters. The third kappa shape index (κ3) is 2.37. The Morgan fingerprint density at radius 2 is 1.42 bits per heavy atom. The molecule has 0 unspecified atom stereocenters. The fourth-order valence-electron chi connectivity index (χ4n) is 2.94. The molecular formula is C18H21N. The molecule has 0 aromatic heterocycles. The van der Waals surface area contributed by atoms with Crippen LogP contribution in [0.2, 0.25) is 0 Å². The lowest BCUT2D eigenvalue weighted by Crippen LogP contribution is -2.24. The predicted octanol–water partition coefficient (Wildman–Crippen LogP) is 4.92. The summed E-state index contributed by atoms with van der Waals surface area (Å²) in [5, 5.41) is 0. The van der Waals surface area contributed by atoms with E-state index in [0.29, 0.717) is 0 Å².